The zero-order valence-corrected chi connectivity index (χ0v) is 10.7. The molecule has 0 rings (SSSR count). The maximum atomic E-state index is 11.3. The molecule has 0 aliphatic rings. The van der Waals surface area contributed by atoms with Crippen LogP contribution in [0, 0.1) is 0 Å². The molecule has 3 nitrogen and oxygen atoms in total. The lowest BCUT2D eigenvalue weighted by atomic mass is 10.1. The topological polar surface area (TPSA) is 32.3 Å². The molecule has 0 bridgehead atoms. The van der Waals surface area contributed by atoms with Crippen molar-refractivity contribution in [1.82, 2.24) is 10.2 Å². The summed E-state index contributed by atoms with van der Waals surface area (Å²) in [7, 11) is 3.58. The second-order valence-corrected chi connectivity index (χ2v) is 4.42. The van der Waals surface area contributed by atoms with Crippen molar-refractivity contribution in [2.45, 2.75) is 52.0 Å². The van der Waals surface area contributed by atoms with Gasteiger partial charge in [0.25, 0.3) is 0 Å². The van der Waals surface area contributed by atoms with Gasteiger partial charge in [0.2, 0.25) is 5.91 Å². The maximum Gasteiger partial charge on any atom is 0.236 e. The highest BCUT2D eigenvalue weighted by Crippen LogP contribution is 2.04. The molecule has 0 unspecified atom stereocenters. The van der Waals surface area contributed by atoms with E-state index in [2.05, 4.69) is 19.2 Å². The molecular weight excluding hydrogens is 188 g/mol. The van der Waals surface area contributed by atoms with Crippen molar-refractivity contribution in [3.05, 3.63) is 0 Å². The molecular formula is C12H26N2O. The summed E-state index contributed by atoms with van der Waals surface area (Å²) in [5.41, 5.74) is 0. The smallest absolute Gasteiger partial charge is 0.236 e. The van der Waals surface area contributed by atoms with Crippen LogP contribution in [0.1, 0.15) is 46.0 Å². The molecule has 0 aromatic carbocycles. The first-order valence-electron chi connectivity index (χ1n) is 6.01. The number of carbonyl (C=O) groups excluding carboxylic acids is 1. The Hall–Kier alpha value is -0.570. The van der Waals surface area contributed by atoms with Crippen LogP contribution in [0.4, 0.5) is 0 Å². The Morgan fingerprint density at radius 3 is 2.47 bits per heavy atom. The van der Waals surface area contributed by atoms with Crippen molar-refractivity contribution in [2.24, 2.45) is 0 Å². The van der Waals surface area contributed by atoms with Crippen LogP contribution in [0.25, 0.3) is 0 Å². The van der Waals surface area contributed by atoms with E-state index in [-0.39, 0.29) is 5.91 Å². The molecule has 3 heteroatoms. The van der Waals surface area contributed by atoms with Crippen LogP contribution in [0.15, 0.2) is 0 Å². The number of carbonyl (C=O) groups is 1. The Bertz CT molecular complexity index is 169. The molecule has 1 atom stereocenters. The third-order valence-electron chi connectivity index (χ3n) is 2.59. The van der Waals surface area contributed by atoms with Gasteiger partial charge in [-0.3, -0.25) is 4.79 Å². The van der Waals surface area contributed by atoms with Crippen LogP contribution >= 0.6 is 0 Å². The van der Waals surface area contributed by atoms with Crippen LogP contribution < -0.4 is 5.32 Å². The zero-order chi connectivity index (χ0) is 11.7. The van der Waals surface area contributed by atoms with Crippen molar-refractivity contribution < 1.29 is 4.79 Å². The van der Waals surface area contributed by atoms with E-state index in [0.29, 0.717) is 12.6 Å². The summed E-state index contributed by atoms with van der Waals surface area (Å²) < 4.78 is 0. The first-order chi connectivity index (χ1) is 7.07. The number of rotatable bonds is 8. The standard InChI is InChI=1S/C12H26N2O/c1-5-6-7-8-9-11(2)13-10-12(15)14(3)4/h11,13H,5-10H2,1-4H3/t11-/m1/s1. The van der Waals surface area contributed by atoms with Gasteiger partial charge < -0.3 is 10.2 Å². The lowest BCUT2D eigenvalue weighted by Crippen LogP contribution is -2.37. The van der Waals surface area contributed by atoms with Crippen LogP contribution in [0.5, 0.6) is 0 Å². The highest BCUT2D eigenvalue weighted by atomic mass is 16.2. The van der Waals surface area contributed by atoms with E-state index in [4.69, 9.17) is 0 Å². The number of hydrogen-bond donors (Lipinski definition) is 1. The monoisotopic (exact) mass is 214 g/mol. The Balaban J connectivity index is 3.40. The molecule has 0 spiro atoms. The minimum absolute atomic E-state index is 0.149. The van der Waals surface area contributed by atoms with E-state index in [9.17, 15) is 4.79 Å². The molecule has 0 fully saturated rings. The van der Waals surface area contributed by atoms with E-state index in [1.54, 1.807) is 19.0 Å². The lowest BCUT2D eigenvalue weighted by Gasteiger charge is -2.15. The largest absolute Gasteiger partial charge is 0.348 e. The molecule has 90 valence electrons. The summed E-state index contributed by atoms with van der Waals surface area (Å²) in [4.78, 5) is 12.9. The summed E-state index contributed by atoms with van der Waals surface area (Å²) in [6.07, 6.45) is 6.34. The van der Waals surface area contributed by atoms with Crippen molar-refractivity contribution in [1.29, 1.82) is 0 Å². The summed E-state index contributed by atoms with van der Waals surface area (Å²) in [6, 6.07) is 0.450. The van der Waals surface area contributed by atoms with E-state index in [1.807, 2.05) is 0 Å². The van der Waals surface area contributed by atoms with Gasteiger partial charge in [-0.2, -0.15) is 0 Å². The second-order valence-electron chi connectivity index (χ2n) is 4.42. The Kier molecular flexibility index (Phi) is 8.38. The summed E-state index contributed by atoms with van der Waals surface area (Å²) in [6.45, 7) is 4.83. The van der Waals surface area contributed by atoms with Crippen LogP contribution in [-0.4, -0.2) is 37.5 Å². The Morgan fingerprint density at radius 1 is 1.27 bits per heavy atom. The number of likely N-dealkylation sites (N-methyl/N-ethyl adjacent to an activating group) is 1. The van der Waals surface area contributed by atoms with E-state index in [1.165, 1.54) is 32.1 Å². The second kappa shape index (κ2) is 8.72. The first kappa shape index (κ1) is 14.4. The van der Waals surface area contributed by atoms with Crippen LogP contribution in [0.3, 0.4) is 0 Å². The molecule has 0 aromatic heterocycles. The maximum absolute atomic E-state index is 11.3. The van der Waals surface area contributed by atoms with Crippen molar-refractivity contribution in [2.75, 3.05) is 20.6 Å². The third kappa shape index (κ3) is 8.43. The van der Waals surface area contributed by atoms with Gasteiger partial charge in [0, 0.05) is 20.1 Å². The van der Waals surface area contributed by atoms with Gasteiger partial charge in [0.05, 0.1) is 6.54 Å². The van der Waals surface area contributed by atoms with Gasteiger partial charge >= 0.3 is 0 Å². The molecule has 0 radical (unpaired) electrons. The third-order valence-corrected chi connectivity index (χ3v) is 2.59. The van der Waals surface area contributed by atoms with Crippen molar-refractivity contribution in [3.8, 4) is 0 Å². The van der Waals surface area contributed by atoms with E-state index in [0.717, 1.165) is 0 Å². The number of nitrogens with zero attached hydrogens (tertiary/aromatic N) is 1. The number of amides is 1. The van der Waals surface area contributed by atoms with Gasteiger partial charge in [-0.25, -0.2) is 0 Å². The minimum atomic E-state index is 0.149. The summed E-state index contributed by atoms with van der Waals surface area (Å²) in [5.74, 6) is 0.149. The van der Waals surface area contributed by atoms with E-state index >= 15 is 0 Å². The van der Waals surface area contributed by atoms with Gasteiger partial charge in [0.15, 0.2) is 0 Å². The average molecular weight is 214 g/mol. The molecule has 0 aliphatic carbocycles. The fourth-order valence-electron chi connectivity index (χ4n) is 1.40. The highest BCUT2D eigenvalue weighted by molar-refractivity contribution is 5.77. The fraction of sp³-hybridized carbons (Fsp3) is 0.917. The van der Waals surface area contributed by atoms with Crippen LogP contribution in [-0.2, 0) is 4.79 Å². The Morgan fingerprint density at radius 2 is 1.93 bits per heavy atom. The molecule has 15 heavy (non-hydrogen) atoms. The SMILES string of the molecule is CCCCCC[C@@H](C)NCC(=O)N(C)C. The molecule has 0 saturated carbocycles. The lowest BCUT2D eigenvalue weighted by molar-refractivity contribution is -0.127. The number of nitrogens with one attached hydrogen (secondary N) is 1. The fourth-order valence-corrected chi connectivity index (χ4v) is 1.40. The molecule has 0 aromatic rings. The molecule has 1 amide bonds. The van der Waals surface area contributed by atoms with Gasteiger partial charge in [-0.05, 0) is 13.3 Å². The average Bonchev–Trinajstić information content (AvgIpc) is 2.20. The minimum Gasteiger partial charge on any atom is -0.348 e. The summed E-state index contributed by atoms with van der Waals surface area (Å²) >= 11 is 0. The quantitative estimate of drug-likeness (QED) is 0.627. The summed E-state index contributed by atoms with van der Waals surface area (Å²) in [5, 5.41) is 3.25. The highest BCUT2D eigenvalue weighted by Gasteiger charge is 2.06. The van der Waals surface area contributed by atoms with Crippen molar-refractivity contribution in [3.63, 3.8) is 0 Å². The first-order valence-corrected chi connectivity index (χ1v) is 6.01. The Labute approximate surface area is 94.2 Å². The normalized spacial score (nSPS) is 12.5. The predicted octanol–water partition coefficient (Wildman–Crippen LogP) is 2.02. The van der Waals surface area contributed by atoms with E-state index < -0.39 is 0 Å². The molecule has 0 heterocycles. The predicted molar refractivity (Wildman–Crippen MR) is 64.9 cm³/mol. The van der Waals surface area contributed by atoms with Gasteiger partial charge in [0.1, 0.15) is 0 Å². The van der Waals surface area contributed by atoms with Crippen molar-refractivity contribution >= 4 is 5.91 Å². The number of unbranched alkanes of at least 4 members (excludes halogenated alkanes) is 3. The number of hydrogen-bond acceptors (Lipinski definition) is 2. The molecule has 0 saturated heterocycles. The molecule has 1 N–H and O–H groups in total. The molecule has 0 aliphatic heterocycles. The zero-order valence-electron chi connectivity index (χ0n) is 10.7. The van der Waals surface area contributed by atoms with Gasteiger partial charge in [-0.1, -0.05) is 32.6 Å². The van der Waals surface area contributed by atoms with Crippen LogP contribution in [0.2, 0.25) is 0 Å². The van der Waals surface area contributed by atoms with Gasteiger partial charge in [-0.15, -0.1) is 0 Å².